The van der Waals surface area contributed by atoms with Gasteiger partial charge >= 0.3 is 0 Å². The maximum atomic E-state index is 12.2. The van der Waals surface area contributed by atoms with E-state index in [-0.39, 0.29) is 11.3 Å². The molecule has 20 heavy (non-hydrogen) atoms. The van der Waals surface area contributed by atoms with Crippen LogP contribution in [0.1, 0.15) is 38.2 Å². The lowest BCUT2D eigenvalue weighted by Crippen LogP contribution is -2.33. The molecule has 1 aromatic carbocycles. The number of H-pyrrole nitrogens is 1. The van der Waals surface area contributed by atoms with Crippen LogP contribution in [0.2, 0.25) is 0 Å². The highest BCUT2D eigenvalue weighted by Crippen LogP contribution is 2.24. The summed E-state index contributed by atoms with van der Waals surface area (Å²) in [6.45, 7) is 9.23. The quantitative estimate of drug-likeness (QED) is 0.752. The van der Waals surface area contributed by atoms with Gasteiger partial charge in [0.05, 0.1) is 5.52 Å². The third kappa shape index (κ3) is 2.92. The molecule has 108 valence electrons. The third-order valence-corrected chi connectivity index (χ3v) is 3.85. The van der Waals surface area contributed by atoms with Gasteiger partial charge in [0, 0.05) is 17.6 Å². The summed E-state index contributed by atoms with van der Waals surface area (Å²) in [7, 11) is 0. The Morgan fingerprint density at radius 2 is 2.15 bits per heavy atom. The first-order chi connectivity index (χ1) is 9.29. The number of carbonyl (C=O) groups is 1. The summed E-state index contributed by atoms with van der Waals surface area (Å²) >= 11 is 0. The Labute approximate surface area is 118 Å². The molecule has 1 unspecified atom stereocenters. The van der Waals surface area contributed by atoms with Crippen molar-refractivity contribution < 1.29 is 4.79 Å². The van der Waals surface area contributed by atoms with E-state index in [9.17, 15) is 4.79 Å². The minimum absolute atomic E-state index is 0.158. The Morgan fingerprint density at radius 3 is 2.80 bits per heavy atom. The highest BCUT2D eigenvalue weighted by atomic mass is 16.1. The SMILES string of the molecule is CC(CNC(=O)c1n[nH]c2ccc(N)cc12)C(C)(C)C. The first kappa shape index (κ1) is 14.4. The standard InChI is InChI=1S/C15H22N4O/c1-9(15(2,3)4)8-17-14(20)13-11-7-10(16)5-6-12(11)18-19-13/h5-7,9H,8,16H2,1-4H3,(H,17,20)(H,18,19). The van der Waals surface area contributed by atoms with Crippen molar-refractivity contribution in [3.63, 3.8) is 0 Å². The summed E-state index contributed by atoms with van der Waals surface area (Å²) in [6, 6.07) is 5.37. The average molecular weight is 274 g/mol. The molecule has 0 spiro atoms. The number of anilines is 1. The maximum absolute atomic E-state index is 12.2. The molecule has 5 heteroatoms. The van der Waals surface area contributed by atoms with E-state index in [1.165, 1.54) is 0 Å². The zero-order valence-electron chi connectivity index (χ0n) is 12.4. The van der Waals surface area contributed by atoms with Crippen molar-refractivity contribution in [2.75, 3.05) is 12.3 Å². The number of hydrogen-bond donors (Lipinski definition) is 3. The number of benzene rings is 1. The predicted octanol–water partition coefficient (Wildman–Crippen LogP) is 2.56. The second-order valence-corrected chi connectivity index (χ2v) is 6.35. The molecule has 0 fully saturated rings. The van der Waals surface area contributed by atoms with E-state index in [1.807, 2.05) is 6.07 Å². The molecule has 1 aromatic heterocycles. The van der Waals surface area contributed by atoms with Gasteiger partial charge in [-0.25, -0.2) is 0 Å². The van der Waals surface area contributed by atoms with Gasteiger partial charge in [-0.1, -0.05) is 27.7 Å². The highest BCUT2D eigenvalue weighted by Gasteiger charge is 2.21. The van der Waals surface area contributed by atoms with E-state index >= 15 is 0 Å². The molecule has 1 amide bonds. The lowest BCUT2D eigenvalue weighted by atomic mass is 9.82. The number of amides is 1. The van der Waals surface area contributed by atoms with Crippen LogP contribution in [0.25, 0.3) is 10.9 Å². The Hall–Kier alpha value is -2.04. The van der Waals surface area contributed by atoms with Gasteiger partial charge in [0.25, 0.3) is 5.91 Å². The molecular weight excluding hydrogens is 252 g/mol. The van der Waals surface area contributed by atoms with Gasteiger partial charge in [-0.2, -0.15) is 5.10 Å². The molecule has 5 nitrogen and oxygen atoms in total. The van der Waals surface area contributed by atoms with Crippen LogP contribution in [-0.2, 0) is 0 Å². The third-order valence-electron chi connectivity index (χ3n) is 3.85. The normalized spacial score (nSPS) is 13.4. The van der Waals surface area contributed by atoms with Crippen LogP contribution >= 0.6 is 0 Å². The minimum atomic E-state index is -0.169. The van der Waals surface area contributed by atoms with E-state index in [1.54, 1.807) is 12.1 Å². The fourth-order valence-corrected chi connectivity index (χ4v) is 1.84. The van der Waals surface area contributed by atoms with Crippen LogP contribution in [0, 0.1) is 11.3 Å². The molecule has 4 N–H and O–H groups in total. The Bertz CT molecular complexity index is 624. The first-order valence-corrected chi connectivity index (χ1v) is 6.81. The molecule has 1 heterocycles. The summed E-state index contributed by atoms with van der Waals surface area (Å²) in [5, 5.41) is 10.6. The fraction of sp³-hybridized carbons (Fsp3) is 0.467. The minimum Gasteiger partial charge on any atom is -0.399 e. The van der Waals surface area contributed by atoms with Gasteiger partial charge in [0.15, 0.2) is 5.69 Å². The van der Waals surface area contributed by atoms with Gasteiger partial charge < -0.3 is 11.1 Å². The van der Waals surface area contributed by atoms with Crippen molar-refractivity contribution in [3.05, 3.63) is 23.9 Å². The number of nitrogen functional groups attached to an aromatic ring is 1. The summed E-state index contributed by atoms with van der Waals surface area (Å²) in [5.41, 5.74) is 7.75. The van der Waals surface area contributed by atoms with Gasteiger partial charge in [0.1, 0.15) is 0 Å². The fourth-order valence-electron chi connectivity index (χ4n) is 1.84. The van der Waals surface area contributed by atoms with E-state index in [2.05, 4.69) is 43.2 Å². The summed E-state index contributed by atoms with van der Waals surface area (Å²) in [5.74, 6) is 0.208. The number of fused-ring (bicyclic) bond motifs is 1. The molecule has 0 aliphatic carbocycles. The van der Waals surface area contributed by atoms with E-state index < -0.39 is 0 Å². The van der Waals surface area contributed by atoms with E-state index in [0.29, 0.717) is 23.8 Å². The monoisotopic (exact) mass is 274 g/mol. The van der Waals surface area contributed by atoms with Crippen molar-refractivity contribution in [1.82, 2.24) is 15.5 Å². The molecule has 0 saturated heterocycles. The Morgan fingerprint density at radius 1 is 1.45 bits per heavy atom. The maximum Gasteiger partial charge on any atom is 0.272 e. The van der Waals surface area contributed by atoms with Crippen LogP contribution in [0.4, 0.5) is 5.69 Å². The largest absolute Gasteiger partial charge is 0.399 e. The average Bonchev–Trinajstić information content (AvgIpc) is 2.77. The summed E-state index contributed by atoms with van der Waals surface area (Å²) in [4.78, 5) is 12.2. The highest BCUT2D eigenvalue weighted by molar-refractivity contribution is 6.05. The predicted molar refractivity (Wildman–Crippen MR) is 81.5 cm³/mol. The summed E-state index contributed by atoms with van der Waals surface area (Å²) < 4.78 is 0. The smallest absolute Gasteiger partial charge is 0.272 e. The number of aromatic nitrogens is 2. The number of carbonyl (C=O) groups excluding carboxylic acids is 1. The lowest BCUT2D eigenvalue weighted by molar-refractivity contribution is 0.0933. The number of aromatic amines is 1. The van der Waals surface area contributed by atoms with Crippen molar-refractivity contribution in [2.45, 2.75) is 27.7 Å². The molecule has 1 atom stereocenters. The van der Waals surface area contributed by atoms with Gasteiger partial charge in [-0.15, -0.1) is 0 Å². The van der Waals surface area contributed by atoms with Gasteiger partial charge in [-0.3, -0.25) is 9.89 Å². The molecule has 2 aromatic rings. The van der Waals surface area contributed by atoms with Gasteiger partial charge in [-0.05, 0) is 29.5 Å². The van der Waals surface area contributed by atoms with Crippen molar-refractivity contribution >= 4 is 22.5 Å². The molecule has 0 aliphatic heterocycles. The molecular formula is C15H22N4O. The van der Waals surface area contributed by atoms with E-state index in [0.717, 1.165) is 10.9 Å². The van der Waals surface area contributed by atoms with Crippen LogP contribution in [0.3, 0.4) is 0 Å². The van der Waals surface area contributed by atoms with Crippen molar-refractivity contribution in [3.8, 4) is 0 Å². The molecule has 0 bridgehead atoms. The second-order valence-electron chi connectivity index (χ2n) is 6.35. The summed E-state index contributed by atoms with van der Waals surface area (Å²) in [6.07, 6.45) is 0. The first-order valence-electron chi connectivity index (χ1n) is 6.81. The van der Waals surface area contributed by atoms with Crippen LogP contribution in [0.5, 0.6) is 0 Å². The molecule has 0 radical (unpaired) electrons. The number of nitrogens with two attached hydrogens (primary N) is 1. The zero-order chi connectivity index (χ0) is 14.9. The zero-order valence-corrected chi connectivity index (χ0v) is 12.4. The van der Waals surface area contributed by atoms with Crippen LogP contribution in [0.15, 0.2) is 18.2 Å². The molecule has 0 saturated carbocycles. The lowest BCUT2D eigenvalue weighted by Gasteiger charge is -2.27. The number of nitrogens with one attached hydrogen (secondary N) is 2. The van der Waals surface area contributed by atoms with Crippen LogP contribution < -0.4 is 11.1 Å². The topological polar surface area (TPSA) is 83.8 Å². The number of rotatable bonds is 3. The van der Waals surface area contributed by atoms with E-state index in [4.69, 9.17) is 5.73 Å². The molecule has 2 rings (SSSR count). The Balaban J connectivity index is 2.14. The number of nitrogens with zero attached hydrogens (tertiary/aromatic N) is 1. The second kappa shape index (κ2) is 5.15. The van der Waals surface area contributed by atoms with Crippen LogP contribution in [-0.4, -0.2) is 22.6 Å². The van der Waals surface area contributed by atoms with Crippen molar-refractivity contribution in [2.24, 2.45) is 11.3 Å². The van der Waals surface area contributed by atoms with Gasteiger partial charge in [0.2, 0.25) is 0 Å². The number of hydrogen-bond acceptors (Lipinski definition) is 3. The molecule has 0 aliphatic rings. The van der Waals surface area contributed by atoms with Crippen molar-refractivity contribution in [1.29, 1.82) is 0 Å². The Kier molecular flexibility index (Phi) is 3.70.